The van der Waals surface area contributed by atoms with E-state index in [4.69, 9.17) is 9.84 Å². The van der Waals surface area contributed by atoms with E-state index < -0.39 is 5.97 Å². The second kappa shape index (κ2) is 9.59. The molecule has 0 atom stereocenters. The molecule has 2 aromatic rings. The van der Waals surface area contributed by atoms with Gasteiger partial charge in [-0.25, -0.2) is 4.98 Å². The van der Waals surface area contributed by atoms with Crippen LogP contribution >= 0.6 is 11.3 Å². The molecule has 8 heteroatoms. The lowest BCUT2D eigenvalue weighted by Crippen LogP contribution is -2.35. The highest BCUT2D eigenvalue weighted by molar-refractivity contribution is 7.13. The third-order valence-corrected chi connectivity index (χ3v) is 5.21. The Balaban J connectivity index is 1.52. The maximum Gasteiger partial charge on any atom is 0.305 e. The number of carbonyl (C=O) groups is 2. The first-order chi connectivity index (χ1) is 13.1. The van der Waals surface area contributed by atoms with E-state index in [9.17, 15) is 9.59 Å². The molecule has 3 rings (SSSR count). The van der Waals surface area contributed by atoms with Crippen LogP contribution < -0.4 is 5.32 Å². The minimum Gasteiger partial charge on any atom is -0.481 e. The van der Waals surface area contributed by atoms with Gasteiger partial charge in [0.25, 0.3) is 0 Å². The molecule has 2 heterocycles. The Hall–Kier alpha value is -2.29. The van der Waals surface area contributed by atoms with Crippen LogP contribution in [0.2, 0.25) is 0 Å². The van der Waals surface area contributed by atoms with Crippen molar-refractivity contribution in [3.05, 3.63) is 40.9 Å². The average molecular weight is 389 g/mol. The van der Waals surface area contributed by atoms with Crippen molar-refractivity contribution in [3.8, 4) is 10.6 Å². The van der Waals surface area contributed by atoms with Crippen molar-refractivity contribution in [2.24, 2.45) is 0 Å². The molecule has 27 heavy (non-hydrogen) atoms. The number of carbonyl (C=O) groups excluding carboxylic acids is 1. The number of morpholine rings is 1. The monoisotopic (exact) mass is 389 g/mol. The van der Waals surface area contributed by atoms with Crippen LogP contribution in [0.15, 0.2) is 29.6 Å². The fourth-order valence-electron chi connectivity index (χ4n) is 2.83. The summed E-state index contributed by atoms with van der Waals surface area (Å²) in [5.41, 5.74) is 2.98. The number of aliphatic carboxylic acids is 1. The van der Waals surface area contributed by atoms with Crippen molar-refractivity contribution in [2.45, 2.75) is 19.4 Å². The lowest BCUT2D eigenvalue weighted by molar-refractivity contribution is -0.136. The molecule has 1 aromatic carbocycles. The van der Waals surface area contributed by atoms with Gasteiger partial charge >= 0.3 is 5.97 Å². The highest BCUT2D eigenvalue weighted by Gasteiger charge is 2.12. The number of amides is 1. The van der Waals surface area contributed by atoms with Crippen LogP contribution in [-0.4, -0.2) is 59.7 Å². The number of thiazole rings is 1. The normalized spacial score (nSPS) is 14.8. The molecular weight excluding hydrogens is 366 g/mol. The van der Waals surface area contributed by atoms with E-state index >= 15 is 0 Å². The Labute approximate surface area is 162 Å². The molecule has 1 aliphatic heterocycles. The van der Waals surface area contributed by atoms with Crippen LogP contribution in [0.25, 0.3) is 10.6 Å². The first-order valence-electron chi connectivity index (χ1n) is 8.92. The molecule has 0 unspecified atom stereocenters. The van der Waals surface area contributed by atoms with E-state index in [-0.39, 0.29) is 25.3 Å². The van der Waals surface area contributed by atoms with Gasteiger partial charge < -0.3 is 15.2 Å². The Morgan fingerprint density at radius 1 is 1.22 bits per heavy atom. The number of ether oxygens (including phenoxy) is 1. The second-order valence-corrected chi connectivity index (χ2v) is 7.26. The summed E-state index contributed by atoms with van der Waals surface area (Å²) in [6.07, 6.45) is 0.0795. The number of hydrogen-bond acceptors (Lipinski definition) is 6. The molecule has 0 bridgehead atoms. The molecular formula is C19H23N3O4S. The Morgan fingerprint density at radius 3 is 2.67 bits per heavy atom. The predicted molar refractivity (Wildman–Crippen MR) is 103 cm³/mol. The Morgan fingerprint density at radius 2 is 1.96 bits per heavy atom. The number of carboxylic acid groups (broad SMARTS) is 1. The standard InChI is InChI=1S/C19H23N3O4S/c23-17(20-6-5-18(24)25)11-16-13-27-19(21-16)15-3-1-14(2-4-15)12-22-7-9-26-10-8-22/h1-4,13H,5-12H2,(H,20,23)(H,24,25). The van der Waals surface area contributed by atoms with Crippen LogP contribution in [0.1, 0.15) is 17.7 Å². The lowest BCUT2D eigenvalue weighted by atomic mass is 10.1. The van der Waals surface area contributed by atoms with Crippen LogP contribution in [0.3, 0.4) is 0 Å². The van der Waals surface area contributed by atoms with E-state index in [1.54, 1.807) is 0 Å². The van der Waals surface area contributed by atoms with E-state index in [1.165, 1.54) is 16.9 Å². The lowest BCUT2D eigenvalue weighted by Gasteiger charge is -2.26. The largest absolute Gasteiger partial charge is 0.481 e. The van der Waals surface area contributed by atoms with Gasteiger partial charge in [-0.15, -0.1) is 11.3 Å². The van der Waals surface area contributed by atoms with E-state index in [0.717, 1.165) is 43.4 Å². The summed E-state index contributed by atoms with van der Waals surface area (Å²) in [5.74, 6) is -1.14. The van der Waals surface area contributed by atoms with Gasteiger partial charge in [-0.2, -0.15) is 0 Å². The predicted octanol–water partition coefficient (Wildman–Crippen LogP) is 1.78. The Kier molecular flexibility index (Phi) is 6.92. The molecule has 7 nitrogen and oxygen atoms in total. The number of benzene rings is 1. The van der Waals surface area contributed by atoms with Crippen molar-refractivity contribution >= 4 is 23.2 Å². The molecule has 2 N–H and O–H groups in total. The summed E-state index contributed by atoms with van der Waals surface area (Å²) in [6.45, 7) is 4.57. The third kappa shape index (κ3) is 6.13. The van der Waals surface area contributed by atoms with Gasteiger partial charge in [0.15, 0.2) is 0 Å². The van der Waals surface area contributed by atoms with Gasteiger partial charge in [0, 0.05) is 37.1 Å². The van der Waals surface area contributed by atoms with E-state index in [1.807, 2.05) is 5.38 Å². The summed E-state index contributed by atoms with van der Waals surface area (Å²) in [4.78, 5) is 29.2. The number of aromatic nitrogens is 1. The van der Waals surface area contributed by atoms with Crippen molar-refractivity contribution in [3.63, 3.8) is 0 Å². The number of hydrogen-bond donors (Lipinski definition) is 2. The van der Waals surface area contributed by atoms with Gasteiger partial charge in [0.1, 0.15) is 5.01 Å². The fraction of sp³-hybridized carbons (Fsp3) is 0.421. The Bertz CT molecular complexity index is 770. The number of nitrogens with zero attached hydrogens (tertiary/aromatic N) is 2. The van der Waals surface area contributed by atoms with E-state index in [0.29, 0.717) is 5.69 Å². The summed E-state index contributed by atoms with van der Waals surface area (Å²) in [5, 5.41) is 13.9. The zero-order chi connectivity index (χ0) is 19.1. The first kappa shape index (κ1) is 19.5. The van der Waals surface area contributed by atoms with Gasteiger partial charge in [-0.1, -0.05) is 24.3 Å². The number of carboxylic acids is 1. The molecule has 1 aromatic heterocycles. The van der Waals surface area contributed by atoms with Crippen LogP contribution in [0.4, 0.5) is 0 Å². The number of nitrogens with one attached hydrogen (secondary N) is 1. The van der Waals surface area contributed by atoms with Crippen LogP contribution in [0, 0.1) is 0 Å². The van der Waals surface area contributed by atoms with Crippen molar-refractivity contribution in [1.29, 1.82) is 0 Å². The second-order valence-electron chi connectivity index (χ2n) is 6.40. The fourth-order valence-corrected chi connectivity index (χ4v) is 3.65. The van der Waals surface area contributed by atoms with Gasteiger partial charge in [-0.3, -0.25) is 14.5 Å². The molecule has 1 amide bonds. The zero-order valence-corrected chi connectivity index (χ0v) is 15.8. The highest BCUT2D eigenvalue weighted by atomic mass is 32.1. The maximum absolute atomic E-state index is 11.8. The van der Waals surface area contributed by atoms with Gasteiger partial charge in [0.2, 0.25) is 5.91 Å². The molecule has 0 spiro atoms. The smallest absolute Gasteiger partial charge is 0.305 e. The SMILES string of the molecule is O=C(O)CCNC(=O)Cc1csc(-c2ccc(CN3CCOCC3)cc2)n1. The zero-order valence-electron chi connectivity index (χ0n) is 15.0. The maximum atomic E-state index is 11.8. The minimum atomic E-state index is -0.927. The summed E-state index contributed by atoms with van der Waals surface area (Å²) >= 11 is 1.50. The van der Waals surface area contributed by atoms with Crippen LogP contribution in [-0.2, 0) is 27.3 Å². The molecule has 1 aliphatic rings. The molecule has 1 saturated heterocycles. The molecule has 144 valence electrons. The molecule has 0 aliphatic carbocycles. The minimum absolute atomic E-state index is 0.0785. The van der Waals surface area contributed by atoms with Crippen molar-refractivity contribution in [1.82, 2.24) is 15.2 Å². The topological polar surface area (TPSA) is 91.8 Å². The molecule has 0 radical (unpaired) electrons. The third-order valence-electron chi connectivity index (χ3n) is 4.27. The molecule has 0 saturated carbocycles. The molecule has 1 fully saturated rings. The first-order valence-corrected chi connectivity index (χ1v) is 9.80. The van der Waals surface area contributed by atoms with Crippen LogP contribution in [0.5, 0.6) is 0 Å². The summed E-state index contributed by atoms with van der Waals surface area (Å²) < 4.78 is 5.37. The highest BCUT2D eigenvalue weighted by Crippen LogP contribution is 2.24. The summed E-state index contributed by atoms with van der Waals surface area (Å²) in [6, 6.07) is 8.35. The van der Waals surface area contributed by atoms with Gasteiger partial charge in [-0.05, 0) is 5.56 Å². The quantitative estimate of drug-likeness (QED) is 0.715. The van der Waals surface area contributed by atoms with Gasteiger partial charge in [0.05, 0.1) is 31.7 Å². The van der Waals surface area contributed by atoms with E-state index in [2.05, 4.69) is 39.5 Å². The average Bonchev–Trinajstić information content (AvgIpc) is 3.11. The summed E-state index contributed by atoms with van der Waals surface area (Å²) in [7, 11) is 0. The van der Waals surface area contributed by atoms with Crippen molar-refractivity contribution in [2.75, 3.05) is 32.8 Å². The van der Waals surface area contributed by atoms with Crippen molar-refractivity contribution < 1.29 is 19.4 Å². The number of rotatable bonds is 8.